The monoisotopic (exact) mass is 247 g/mol. The lowest BCUT2D eigenvalue weighted by Crippen LogP contribution is -2.25. The number of rotatable bonds is 2. The van der Waals surface area contributed by atoms with Crippen LogP contribution >= 0.6 is 0 Å². The van der Waals surface area contributed by atoms with E-state index in [4.69, 9.17) is 0 Å². The van der Waals surface area contributed by atoms with Crippen LogP contribution in [0.3, 0.4) is 0 Å². The number of methoxy groups -OCH3 is 1. The second-order valence-electron chi connectivity index (χ2n) is 3.79. The Bertz CT molecular complexity index is 494. The largest absolute Gasteiger partial charge is 0.453 e. The molecule has 0 saturated heterocycles. The van der Waals surface area contributed by atoms with Crippen LogP contribution in [0.2, 0.25) is 0 Å². The van der Waals surface area contributed by atoms with E-state index in [1.165, 1.54) is 7.11 Å². The zero-order chi connectivity index (χ0) is 13.0. The summed E-state index contributed by atoms with van der Waals surface area (Å²) in [5.41, 5.74) is 4.84. The molecule has 1 heterocycles. The molecule has 94 valence electrons. The molecule has 0 aromatic heterocycles. The Morgan fingerprint density at radius 1 is 1.33 bits per heavy atom. The summed E-state index contributed by atoms with van der Waals surface area (Å²) < 4.78 is 4.49. The van der Waals surface area contributed by atoms with Crippen LogP contribution in [0.1, 0.15) is 18.4 Å². The Balaban J connectivity index is 2.08. The van der Waals surface area contributed by atoms with Crippen molar-refractivity contribution in [1.82, 2.24) is 5.43 Å². The van der Waals surface area contributed by atoms with Gasteiger partial charge in [-0.05, 0) is 17.7 Å². The molecule has 1 aliphatic heterocycles. The van der Waals surface area contributed by atoms with E-state index in [-0.39, 0.29) is 5.91 Å². The molecule has 18 heavy (non-hydrogen) atoms. The van der Waals surface area contributed by atoms with Gasteiger partial charge in [-0.15, -0.1) is 0 Å². The average molecular weight is 247 g/mol. The molecule has 0 bridgehead atoms. The van der Waals surface area contributed by atoms with Crippen molar-refractivity contribution < 1.29 is 14.3 Å². The standard InChI is InChI=1S/C12H13N3O3/c1-18-12(17)13-9-4-2-8(3-5-9)10-6-7-11(16)15-14-10/h2-5H,6-7H2,1H3,(H,13,17)(H,15,16). The highest BCUT2D eigenvalue weighted by atomic mass is 16.5. The fourth-order valence-electron chi connectivity index (χ4n) is 1.60. The molecule has 2 rings (SSSR count). The summed E-state index contributed by atoms with van der Waals surface area (Å²) in [6.45, 7) is 0. The fraction of sp³-hybridized carbons (Fsp3) is 0.250. The van der Waals surface area contributed by atoms with Crippen LogP contribution in [0.4, 0.5) is 10.5 Å². The maximum Gasteiger partial charge on any atom is 0.411 e. The molecular formula is C12H13N3O3. The number of hydrazone groups is 1. The third-order valence-corrected chi connectivity index (χ3v) is 2.55. The van der Waals surface area contributed by atoms with Gasteiger partial charge in [0, 0.05) is 18.5 Å². The van der Waals surface area contributed by atoms with Crippen LogP contribution in [0, 0.1) is 0 Å². The second-order valence-corrected chi connectivity index (χ2v) is 3.79. The third kappa shape index (κ3) is 2.85. The number of hydrogen-bond donors (Lipinski definition) is 2. The Hall–Kier alpha value is -2.37. The van der Waals surface area contributed by atoms with Crippen molar-refractivity contribution >= 4 is 23.4 Å². The average Bonchev–Trinajstić information content (AvgIpc) is 2.40. The molecular weight excluding hydrogens is 234 g/mol. The molecule has 2 amide bonds. The lowest BCUT2D eigenvalue weighted by molar-refractivity contribution is -0.121. The van der Waals surface area contributed by atoms with E-state index >= 15 is 0 Å². The summed E-state index contributed by atoms with van der Waals surface area (Å²) in [4.78, 5) is 22.0. The van der Waals surface area contributed by atoms with E-state index < -0.39 is 6.09 Å². The summed E-state index contributed by atoms with van der Waals surface area (Å²) in [5, 5.41) is 6.55. The normalized spacial score (nSPS) is 14.5. The number of hydrogen-bond acceptors (Lipinski definition) is 4. The van der Waals surface area contributed by atoms with Crippen LogP contribution in [-0.2, 0) is 9.53 Å². The van der Waals surface area contributed by atoms with Crippen LogP contribution in [-0.4, -0.2) is 24.8 Å². The molecule has 0 aliphatic carbocycles. The number of amides is 2. The number of nitrogens with one attached hydrogen (secondary N) is 2. The van der Waals surface area contributed by atoms with Gasteiger partial charge in [-0.2, -0.15) is 5.10 Å². The lowest BCUT2D eigenvalue weighted by Gasteiger charge is -2.12. The van der Waals surface area contributed by atoms with Gasteiger partial charge in [0.1, 0.15) is 0 Å². The highest BCUT2D eigenvalue weighted by Crippen LogP contribution is 2.14. The van der Waals surface area contributed by atoms with Crippen molar-refractivity contribution in [3.8, 4) is 0 Å². The minimum absolute atomic E-state index is 0.0669. The minimum Gasteiger partial charge on any atom is -0.453 e. The molecule has 0 unspecified atom stereocenters. The predicted octanol–water partition coefficient (Wildman–Crippen LogP) is 1.48. The summed E-state index contributed by atoms with van der Waals surface area (Å²) in [5.74, 6) is -0.0669. The molecule has 0 fully saturated rings. The number of benzene rings is 1. The first-order chi connectivity index (χ1) is 8.69. The highest BCUT2D eigenvalue weighted by molar-refractivity contribution is 6.04. The van der Waals surface area contributed by atoms with Crippen molar-refractivity contribution in [3.05, 3.63) is 29.8 Å². The highest BCUT2D eigenvalue weighted by Gasteiger charge is 2.13. The van der Waals surface area contributed by atoms with Gasteiger partial charge in [0.05, 0.1) is 12.8 Å². The third-order valence-electron chi connectivity index (χ3n) is 2.55. The summed E-state index contributed by atoms with van der Waals surface area (Å²) in [7, 11) is 1.31. The Morgan fingerprint density at radius 3 is 2.61 bits per heavy atom. The quantitative estimate of drug-likeness (QED) is 0.830. The van der Waals surface area contributed by atoms with E-state index in [1.807, 2.05) is 12.1 Å². The number of carbonyl (C=O) groups excluding carboxylic acids is 2. The van der Waals surface area contributed by atoms with Crippen molar-refractivity contribution in [3.63, 3.8) is 0 Å². The Labute approximate surface area is 104 Å². The molecule has 1 aliphatic rings. The number of nitrogens with zero attached hydrogens (tertiary/aromatic N) is 1. The fourth-order valence-corrected chi connectivity index (χ4v) is 1.60. The van der Waals surface area contributed by atoms with Gasteiger partial charge >= 0.3 is 6.09 Å². The van der Waals surface area contributed by atoms with Crippen LogP contribution < -0.4 is 10.7 Å². The molecule has 0 radical (unpaired) electrons. The first-order valence-electron chi connectivity index (χ1n) is 5.50. The smallest absolute Gasteiger partial charge is 0.411 e. The van der Waals surface area contributed by atoms with Crippen LogP contribution in [0.25, 0.3) is 0 Å². The van der Waals surface area contributed by atoms with Crippen molar-refractivity contribution in [2.45, 2.75) is 12.8 Å². The van der Waals surface area contributed by atoms with Gasteiger partial charge in [0.15, 0.2) is 0 Å². The molecule has 1 aromatic carbocycles. The van der Waals surface area contributed by atoms with E-state index in [0.717, 1.165) is 11.3 Å². The minimum atomic E-state index is -0.509. The van der Waals surface area contributed by atoms with Crippen molar-refractivity contribution in [1.29, 1.82) is 0 Å². The van der Waals surface area contributed by atoms with Gasteiger partial charge in [-0.3, -0.25) is 10.1 Å². The predicted molar refractivity (Wildman–Crippen MR) is 66.4 cm³/mol. The Morgan fingerprint density at radius 2 is 2.06 bits per heavy atom. The van der Waals surface area contributed by atoms with Gasteiger partial charge in [0.25, 0.3) is 0 Å². The topological polar surface area (TPSA) is 79.8 Å². The maximum absolute atomic E-state index is 11.0. The van der Waals surface area contributed by atoms with Gasteiger partial charge in [-0.1, -0.05) is 12.1 Å². The van der Waals surface area contributed by atoms with Gasteiger partial charge < -0.3 is 4.74 Å². The molecule has 0 atom stereocenters. The lowest BCUT2D eigenvalue weighted by atomic mass is 10.0. The van der Waals surface area contributed by atoms with Gasteiger partial charge in [0.2, 0.25) is 5.91 Å². The van der Waals surface area contributed by atoms with E-state index in [9.17, 15) is 9.59 Å². The van der Waals surface area contributed by atoms with E-state index in [2.05, 4.69) is 20.6 Å². The number of carbonyl (C=O) groups is 2. The summed E-state index contributed by atoms with van der Waals surface area (Å²) in [6, 6.07) is 7.18. The van der Waals surface area contributed by atoms with Gasteiger partial charge in [-0.25, -0.2) is 10.2 Å². The molecule has 6 heteroatoms. The summed E-state index contributed by atoms with van der Waals surface area (Å²) >= 11 is 0. The first-order valence-corrected chi connectivity index (χ1v) is 5.50. The first kappa shape index (κ1) is 12.1. The van der Waals surface area contributed by atoms with Crippen molar-refractivity contribution in [2.75, 3.05) is 12.4 Å². The van der Waals surface area contributed by atoms with E-state index in [0.29, 0.717) is 18.5 Å². The molecule has 0 saturated carbocycles. The van der Waals surface area contributed by atoms with E-state index in [1.54, 1.807) is 12.1 Å². The number of ether oxygens (including phenoxy) is 1. The number of anilines is 1. The SMILES string of the molecule is COC(=O)Nc1ccc(C2=NNC(=O)CC2)cc1. The molecule has 1 aromatic rings. The molecule has 2 N–H and O–H groups in total. The van der Waals surface area contributed by atoms with Crippen LogP contribution in [0.5, 0.6) is 0 Å². The maximum atomic E-state index is 11.0. The molecule has 6 nitrogen and oxygen atoms in total. The zero-order valence-electron chi connectivity index (χ0n) is 9.90. The Kier molecular flexibility index (Phi) is 3.57. The summed E-state index contributed by atoms with van der Waals surface area (Å²) in [6.07, 6.45) is 0.557. The second kappa shape index (κ2) is 5.31. The van der Waals surface area contributed by atoms with Crippen molar-refractivity contribution in [2.24, 2.45) is 5.10 Å². The zero-order valence-corrected chi connectivity index (χ0v) is 9.90. The molecule has 0 spiro atoms. The van der Waals surface area contributed by atoms with Crippen LogP contribution in [0.15, 0.2) is 29.4 Å².